The molecule has 0 bridgehead atoms. The van der Waals surface area contributed by atoms with Gasteiger partial charge in [-0.2, -0.15) is 14.9 Å². The number of benzene rings is 4. The van der Waals surface area contributed by atoms with Crippen molar-refractivity contribution >= 4 is 40.5 Å². The minimum atomic E-state index is -1.18. The van der Waals surface area contributed by atoms with E-state index in [1.165, 1.54) is 21.9 Å². The van der Waals surface area contributed by atoms with Crippen LogP contribution in [0, 0.1) is 0 Å². The first-order valence-corrected chi connectivity index (χ1v) is 18.4. The highest BCUT2D eigenvalue weighted by Crippen LogP contribution is 2.40. The largest absolute Gasteiger partial charge is 0.491 e. The van der Waals surface area contributed by atoms with Crippen LogP contribution in [-0.4, -0.2) is 85.7 Å². The molecule has 0 saturated carbocycles. The summed E-state index contributed by atoms with van der Waals surface area (Å²) in [6.45, 7) is 4.18. The van der Waals surface area contributed by atoms with Gasteiger partial charge in [0.2, 0.25) is 5.79 Å². The molecule has 0 aliphatic carbocycles. The summed E-state index contributed by atoms with van der Waals surface area (Å²) in [5, 5.41) is 18.5. The Labute approximate surface area is 325 Å². The van der Waals surface area contributed by atoms with Gasteiger partial charge in [0.1, 0.15) is 44.0 Å². The monoisotopic (exact) mass is 782 g/mol. The van der Waals surface area contributed by atoms with Gasteiger partial charge in [-0.05, 0) is 78.4 Å². The highest BCUT2D eigenvalue weighted by atomic mass is 35.5. The number of nitrogens with zero attached hydrogens (tertiary/aromatic N) is 8. The fourth-order valence-electron chi connectivity index (χ4n) is 6.86. The lowest BCUT2D eigenvalue weighted by molar-refractivity contribution is -0.190. The van der Waals surface area contributed by atoms with Crippen molar-refractivity contribution in [2.45, 2.75) is 24.9 Å². The van der Waals surface area contributed by atoms with Crippen LogP contribution in [0.15, 0.2) is 115 Å². The number of aliphatic carboxylic acids is 1. The second-order valence-corrected chi connectivity index (χ2v) is 14.1. The Hall–Kier alpha value is -5.67. The molecule has 0 amide bonds. The van der Waals surface area contributed by atoms with Gasteiger partial charge in [-0.1, -0.05) is 41.4 Å². The van der Waals surface area contributed by atoms with E-state index in [1.807, 2.05) is 36.4 Å². The van der Waals surface area contributed by atoms with Crippen LogP contribution in [-0.2, 0) is 33.0 Å². The number of carboxylic acid groups (broad SMARTS) is 1. The maximum atomic E-state index is 13.2. The van der Waals surface area contributed by atoms with Gasteiger partial charge in [-0.3, -0.25) is 4.79 Å². The quantitative estimate of drug-likeness (QED) is 0.175. The number of halogens is 2. The molecule has 6 aromatic rings. The van der Waals surface area contributed by atoms with E-state index in [4.69, 9.17) is 42.5 Å². The molecule has 2 atom stereocenters. The lowest BCUT2D eigenvalue weighted by atomic mass is 10.1. The van der Waals surface area contributed by atoms with Crippen LogP contribution < -0.4 is 20.2 Å². The maximum Gasteiger partial charge on any atom is 0.355 e. The van der Waals surface area contributed by atoms with Gasteiger partial charge in [0, 0.05) is 48.1 Å². The van der Waals surface area contributed by atoms with Crippen LogP contribution in [0.2, 0.25) is 10.0 Å². The summed E-state index contributed by atoms with van der Waals surface area (Å²) >= 11 is 12.8. The molecule has 2 aromatic heterocycles. The highest BCUT2D eigenvalue weighted by molar-refractivity contribution is 6.35. The van der Waals surface area contributed by atoms with Crippen LogP contribution in [0.4, 0.5) is 11.4 Å². The molecule has 0 spiro atoms. The normalized spacial score (nSPS) is 18.5. The van der Waals surface area contributed by atoms with Crippen LogP contribution in [0.25, 0.3) is 11.4 Å². The summed E-state index contributed by atoms with van der Waals surface area (Å²) in [5.41, 5.74) is 4.44. The van der Waals surface area contributed by atoms with Crippen molar-refractivity contribution in [3.63, 3.8) is 0 Å². The van der Waals surface area contributed by atoms with Gasteiger partial charge in [0.05, 0.1) is 29.4 Å². The summed E-state index contributed by atoms with van der Waals surface area (Å²) in [5.74, 6) is -1.36. The number of piperazine rings is 1. The van der Waals surface area contributed by atoms with Gasteiger partial charge in [-0.25, -0.2) is 19.0 Å². The van der Waals surface area contributed by atoms with Crippen LogP contribution >= 0.6 is 23.2 Å². The number of hydrogen-bond donors (Lipinski definition) is 1. The highest BCUT2D eigenvalue weighted by Gasteiger charge is 2.45. The van der Waals surface area contributed by atoms with Gasteiger partial charge in [-0.15, -0.1) is 0 Å². The molecule has 2 aliphatic rings. The Kier molecular flexibility index (Phi) is 10.3. The van der Waals surface area contributed by atoms with E-state index in [0.717, 1.165) is 43.3 Å². The topological polar surface area (TPSA) is 142 Å². The molecule has 282 valence electrons. The third-order valence-electron chi connectivity index (χ3n) is 9.65. The van der Waals surface area contributed by atoms with Gasteiger partial charge in [0.15, 0.2) is 0 Å². The van der Waals surface area contributed by atoms with Crippen molar-refractivity contribution in [1.29, 1.82) is 0 Å². The predicted octanol–water partition coefficient (Wildman–Crippen LogP) is 5.22. The number of carboxylic acids is 1. The summed E-state index contributed by atoms with van der Waals surface area (Å²) in [6.07, 6.45) is 4.10. The molecule has 0 radical (unpaired) electrons. The molecule has 16 heteroatoms. The Balaban J connectivity index is 0.841. The summed E-state index contributed by atoms with van der Waals surface area (Å²) in [7, 11) is 0. The lowest BCUT2D eigenvalue weighted by Crippen LogP contribution is -2.46. The van der Waals surface area contributed by atoms with Gasteiger partial charge in [0.25, 0.3) is 0 Å². The van der Waals surface area contributed by atoms with Crippen LogP contribution in [0.5, 0.6) is 5.75 Å². The van der Waals surface area contributed by atoms with E-state index >= 15 is 0 Å². The number of hydrogen-bond acceptors (Lipinski definition) is 10. The fourth-order valence-corrected chi connectivity index (χ4v) is 7.41. The molecule has 4 heterocycles. The molecular formula is C39H36Cl2N8O6. The Morgan fingerprint density at radius 3 is 2.13 bits per heavy atom. The summed E-state index contributed by atoms with van der Waals surface area (Å²) < 4.78 is 23.3. The van der Waals surface area contributed by atoms with E-state index < -0.39 is 11.8 Å². The number of ether oxygens (including phenoxy) is 3. The van der Waals surface area contributed by atoms with Crippen molar-refractivity contribution in [3.05, 3.63) is 142 Å². The average Bonchev–Trinajstić information content (AvgIpc) is 3.96. The second kappa shape index (κ2) is 15.6. The number of anilines is 2. The average molecular weight is 784 g/mol. The molecule has 1 N–H and O–H groups in total. The first kappa shape index (κ1) is 36.3. The third-order valence-corrected chi connectivity index (χ3v) is 10.2. The number of rotatable bonds is 12. The molecule has 2 fully saturated rings. The van der Waals surface area contributed by atoms with Gasteiger partial charge < -0.3 is 29.1 Å². The van der Waals surface area contributed by atoms with Crippen LogP contribution in [0.1, 0.15) is 11.1 Å². The van der Waals surface area contributed by atoms with Crippen molar-refractivity contribution in [2.75, 3.05) is 49.2 Å². The Morgan fingerprint density at radius 1 is 0.836 bits per heavy atom. The minimum absolute atomic E-state index is 0.0824. The molecule has 4 aromatic carbocycles. The lowest BCUT2D eigenvalue weighted by Gasteiger charge is -2.37. The molecule has 0 unspecified atom stereocenters. The van der Waals surface area contributed by atoms with Gasteiger partial charge >= 0.3 is 11.7 Å². The third kappa shape index (κ3) is 7.94. The first-order chi connectivity index (χ1) is 26.7. The summed E-state index contributed by atoms with van der Waals surface area (Å²) in [6, 6.07) is 27.9. The van der Waals surface area contributed by atoms with Crippen molar-refractivity contribution in [2.24, 2.45) is 0 Å². The smallest absolute Gasteiger partial charge is 0.355 e. The van der Waals surface area contributed by atoms with Crippen LogP contribution in [0.3, 0.4) is 0 Å². The van der Waals surface area contributed by atoms with E-state index in [1.54, 1.807) is 53.5 Å². The standard InChI is InChI=1S/C39H36Cl2N8O6/c40-28-3-14-35(36(41)20-28)39(23-47-25-42-24-43-47)54-22-34(55-39)21-53-33-12-10-30(11-13-33)46-17-15-45(16-18-46)29-6-8-31(9-7-29)48-26-44-49(38(48)52)32-4-1-27(2-5-32)19-37(50)51/h1-14,20,24-26,34H,15-19,21-23H2,(H,50,51)/t34-,39-/m0/s1. The summed E-state index contributed by atoms with van der Waals surface area (Å²) in [4.78, 5) is 32.9. The molecule has 8 rings (SSSR count). The predicted molar refractivity (Wildman–Crippen MR) is 206 cm³/mol. The number of aromatic nitrogens is 6. The Morgan fingerprint density at radius 2 is 1.49 bits per heavy atom. The zero-order valence-corrected chi connectivity index (χ0v) is 31.0. The molecular weight excluding hydrogens is 747 g/mol. The van der Waals surface area contributed by atoms with E-state index in [2.05, 4.69) is 37.1 Å². The first-order valence-electron chi connectivity index (χ1n) is 17.6. The molecule has 2 aliphatic heterocycles. The van der Waals surface area contributed by atoms with Crippen molar-refractivity contribution in [1.82, 2.24) is 29.1 Å². The zero-order chi connectivity index (χ0) is 37.9. The Bertz CT molecular complexity index is 2310. The van der Waals surface area contributed by atoms with E-state index in [9.17, 15) is 9.59 Å². The number of carbonyl (C=O) groups is 1. The van der Waals surface area contributed by atoms with Crippen molar-refractivity contribution < 1.29 is 24.1 Å². The SMILES string of the molecule is O=C(O)Cc1ccc(-n2ncn(-c3ccc(N4CCN(c5ccc(OC[C@H]6CO[C@](Cn7cncn7)(c7ccc(Cl)cc7Cl)O6)cc5)CC4)cc3)c2=O)cc1. The minimum Gasteiger partial charge on any atom is -0.491 e. The maximum absolute atomic E-state index is 13.2. The zero-order valence-electron chi connectivity index (χ0n) is 29.4. The molecule has 2 saturated heterocycles. The second-order valence-electron chi connectivity index (χ2n) is 13.2. The van der Waals surface area contributed by atoms with Crippen molar-refractivity contribution in [3.8, 4) is 17.1 Å². The van der Waals surface area contributed by atoms with E-state index in [0.29, 0.717) is 39.2 Å². The molecule has 55 heavy (non-hydrogen) atoms. The van der Waals surface area contributed by atoms with E-state index in [-0.39, 0.29) is 31.4 Å². The molecule has 14 nitrogen and oxygen atoms in total. The fraction of sp³-hybridized carbons (Fsp3) is 0.256.